The van der Waals surface area contributed by atoms with E-state index in [1.54, 1.807) is 31.7 Å². The molecule has 0 saturated carbocycles. The smallest absolute Gasteiger partial charge is 0.243 e. The van der Waals surface area contributed by atoms with Crippen LogP contribution in [-0.4, -0.2) is 28.2 Å². The van der Waals surface area contributed by atoms with Crippen molar-refractivity contribution in [3.8, 4) is 11.3 Å². The molecule has 0 bridgehead atoms. The fraction of sp³-hybridized carbons (Fsp3) is 0.133. The van der Waals surface area contributed by atoms with Crippen LogP contribution >= 0.6 is 0 Å². The predicted octanol–water partition coefficient (Wildman–Crippen LogP) is 1.36. The van der Waals surface area contributed by atoms with Crippen LogP contribution in [0.5, 0.6) is 0 Å². The summed E-state index contributed by atoms with van der Waals surface area (Å²) in [6.45, 7) is 0.142. The molecule has 23 heavy (non-hydrogen) atoms. The zero-order chi connectivity index (χ0) is 16.3. The molecule has 0 spiro atoms. The van der Waals surface area contributed by atoms with Crippen molar-refractivity contribution in [1.82, 2.24) is 24.5 Å². The molecule has 0 saturated heterocycles. The molecule has 1 N–H and O–H groups in total. The number of nitrogens with zero attached hydrogens (tertiary/aromatic N) is 4. The van der Waals surface area contributed by atoms with Crippen molar-refractivity contribution in [1.29, 1.82) is 0 Å². The summed E-state index contributed by atoms with van der Waals surface area (Å²) in [5.74, 6) is 0. The second kappa shape index (κ2) is 6.27. The molecule has 0 amide bonds. The van der Waals surface area contributed by atoms with Gasteiger partial charge in [-0.2, -0.15) is 5.10 Å². The highest BCUT2D eigenvalue weighted by molar-refractivity contribution is 7.89. The molecule has 8 heteroatoms. The first kappa shape index (κ1) is 15.3. The Kier molecular flexibility index (Phi) is 4.18. The second-order valence-electron chi connectivity index (χ2n) is 4.92. The molecular weight excluding hydrogens is 314 g/mol. The highest BCUT2D eigenvalue weighted by Crippen LogP contribution is 2.20. The molecule has 0 aromatic carbocycles. The van der Waals surface area contributed by atoms with Gasteiger partial charge in [-0.15, -0.1) is 0 Å². The maximum atomic E-state index is 12.3. The Hall–Kier alpha value is -2.58. The summed E-state index contributed by atoms with van der Waals surface area (Å²) < 4.78 is 28.6. The molecule has 7 nitrogen and oxygen atoms in total. The van der Waals surface area contributed by atoms with Crippen molar-refractivity contribution < 1.29 is 8.42 Å². The predicted molar refractivity (Wildman–Crippen MR) is 84.7 cm³/mol. The zero-order valence-electron chi connectivity index (χ0n) is 12.4. The van der Waals surface area contributed by atoms with Gasteiger partial charge in [0.05, 0.1) is 11.9 Å². The molecule has 0 unspecified atom stereocenters. The molecular formula is C15H15N5O2S. The van der Waals surface area contributed by atoms with E-state index in [9.17, 15) is 8.42 Å². The number of aryl methyl sites for hydroxylation is 1. The van der Waals surface area contributed by atoms with E-state index in [0.717, 1.165) is 16.8 Å². The molecule has 118 valence electrons. The van der Waals surface area contributed by atoms with Crippen LogP contribution in [0, 0.1) is 0 Å². The quantitative estimate of drug-likeness (QED) is 0.763. The third kappa shape index (κ3) is 3.43. The number of pyridine rings is 2. The van der Waals surface area contributed by atoms with E-state index in [1.165, 1.54) is 17.1 Å². The first-order valence-corrected chi connectivity index (χ1v) is 8.37. The topological polar surface area (TPSA) is 89.8 Å². The third-order valence-corrected chi connectivity index (χ3v) is 4.64. The van der Waals surface area contributed by atoms with Crippen LogP contribution in [0.1, 0.15) is 5.56 Å². The van der Waals surface area contributed by atoms with Crippen LogP contribution in [0.15, 0.2) is 60.1 Å². The van der Waals surface area contributed by atoms with Crippen molar-refractivity contribution in [2.45, 2.75) is 11.4 Å². The number of sulfonamides is 1. The number of hydrogen-bond acceptors (Lipinski definition) is 5. The first-order valence-electron chi connectivity index (χ1n) is 6.89. The van der Waals surface area contributed by atoms with E-state index in [0.29, 0.717) is 0 Å². The average Bonchev–Trinajstić information content (AvgIpc) is 3.02. The lowest BCUT2D eigenvalue weighted by Crippen LogP contribution is -2.23. The minimum atomic E-state index is -3.61. The van der Waals surface area contributed by atoms with E-state index >= 15 is 0 Å². The normalized spacial score (nSPS) is 11.5. The van der Waals surface area contributed by atoms with Crippen molar-refractivity contribution in [3.63, 3.8) is 0 Å². The van der Waals surface area contributed by atoms with Crippen LogP contribution in [0.4, 0.5) is 0 Å². The lowest BCUT2D eigenvalue weighted by atomic mass is 10.1. The zero-order valence-corrected chi connectivity index (χ0v) is 13.2. The van der Waals surface area contributed by atoms with Crippen LogP contribution in [0.3, 0.4) is 0 Å². The van der Waals surface area contributed by atoms with Crippen LogP contribution in [0.2, 0.25) is 0 Å². The number of rotatable bonds is 5. The molecule has 3 rings (SSSR count). The van der Waals surface area contributed by atoms with Gasteiger partial charge in [-0.25, -0.2) is 13.1 Å². The summed E-state index contributed by atoms with van der Waals surface area (Å²) in [5.41, 5.74) is 2.39. The average molecular weight is 329 g/mol. The van der Waals surface area contributed by atoms with Gasteiger partial charge in [0, 0.05) is 43.9 Å². The minimum absolute atomic E-state index is 0.134. The lowest BCUT2D eigenvalue weighted by molar-refractivity contribution is 0.581. The van der Waals surface area contributed by atoms with E-state index in [-0.39, 0.29) is 11.4 Å². The summed E-state index contributed by atoms with van der Waals surface area (Å²) in [5, 5.41) is 3.88. The van der Waals surface area contributed by atoms with E-state index in [2.05, 4.69) is 19.8 Å². The van der Waals surface area contributed by atoms with Crippen molar-refractivity contribution in [2.24, 2.45) is 7.05 Å². The molecule has 0 atom stereocenters. The maximum Gasteiger partial charge on any atom is 0.243 e. The number of aromatic nitrogens is 4. The summed E-state index contributed by atoms with van der Waals surface area (Å²) in [6.07, 6.45) is 7.79. The maximum absolute atomic E-state index is 12.3. The Morgan fingerprint density at radius 1 is 1.17 bits per heavy atom. The summed E-state index contributed by atoms with van der Waals surface area (Å²) in [6, 6.07) is 7.29. The number of hydrogen-bond donors (Lipinski definition) is 1. The van der Waals surface area contributed by atoms with E-state index in [4.69, 9.17) is 0 Å². The SMILES string of the molecule is Cn1cc(S(=O)(=O)NCc2cccnc2-c2ccncc2)cn1. The highest BCUT2D eigenvalue weighted by Gasteiger charge is 2.16. The van der Waals surface area contributed by atoms with Crippen LogP contribution in [-0.2, 0) is 23.6 Å². The van der Waals surface area contributed by atoms with Gasteiger partial charge >= 0.3 is 0 Å². The molecule has 3 aromatic heterocycles. The van der Waals surface area contributed by atoms with Gasteiger partial charge in [-0.05, 0) is 23.8 Å². The first-order chi connectivity index (χ1) is 11.1. The standard InChI is InChI=1S/C15H15N5O2S/c1-20-11-14(10-18-20)23(21,22)19-9-13-3-2-6-17-15(13)12-4-7-16-8-5-12/h2-8,10-11,19H,9H2,1H3. The van der Waals surface area contributed by atoms with Crippen LogP contribution in [0.25, 0.3) is 11.3 Å². The summed E-state index contributed by atoms with van der Waals surface area (Å²) >= 11 is 0. The molecule has 0 fully saturated rings. The van der Waals surface area contributed by atoms with E-state index in [1.807, 2.05) is 18.2 Å². The Balaban J connectivity index is 1.84. The van der Waals surface area contributed by atoms with Crippen molar-refractivity contribution in [2.75, 3.05) is 0 Å². The summed E-state index contributed by atoms with van der Waals surface area (Å²) in [7, 11) is -1.94. The van der Waals surface area contributed by atoms with Gasteiger partial charge in [-0.1, -0.05) is 6.07 Å². The highest BCUT2D eigenvalue weighted by atomic mass is 32.2. The second-order valence-corrected chi connectivity index (χ2v) is 6.69. The third-order valence-electron chi connectivity index (χ3n) is 3.29. The number of nitrogens with one attached hydrogen (secondary N) is 1. The molecule has 0 aliphatic carbocycles. The van der Waals surface area contributed by atoms with Gasteiger partial charge in [0.15, 0.2) is 0 Å². The molecule has 0 aliphatic rings. The molecule has 3 aromatic rings. The molecule has 0 radical (unpaired) electrons. The largest absolute Gasteiger partial charge is 0.274 e. The Morgan fingerprint density at radius 2 is 1.96 bits per heavy atom. The van der Waals surface area contributed by atoms with Crippen molar-refractivity contribution in [3.05, 3.63) is 60.8 Å². The fourth-order valence-corrected chi connectivity index (χ4v) is 3.13. The van der Waals surface area contributed by atoms with Gasteiger partial charge in [0.2, 0.25) is 10.0 Å². The van der Waals surface area contributed by atoms with E-state index < -0.39 is 10.0 Å². The summed E-state index contributed by atoms with van der Waals surface area (Å²) in [4.78, 5) is 8.46. The molecule has 0 aliphatic heterocycles. The van der Waals surface area contributed by atoms with Crippen molar-refractivity contribution >= 4 is 10.0 Å². The van der Waals surface area contributed by atoms with Gasteiger partial charge in [0.1, 0.15) is 4.90 Å². The van der Waals surface area contributed by atoms with Crippen LogP contribution < -0.4 is 4.72 Å². The lowest BCUT2D eigenvalue weighted by Gasteiger charge is -2.09. The molecule has 3 heterocycles. The Morgan fingerprint density at radius 3 is 2.65 bits per heavy atom. The van der Waals surface area contributed by atoms with Gasteiger partial charge in [0.25, 0.3) is 0 Å². The Bertz CT molecular complexity index is 906. The fourth-order valence-electron chi connectivity index (χ4n) is 2.14. The minimum Gasteiger partial charge on any atom is -0.274 e. The Labute approximate surface area is 134 Å². The van der Waals surface area contributed by atoms with Gasteiger partial charge < -0.3 is 0 Å². The van der Waals surface area contributed by atoms with Gasteiger partial charge in [-0.3, -0.25) is 14.6 Å². The monoisotopic (exact) mass is 329 g/mol.